The van der Waals surface area contributed by atoms with Crippen LogP contribution >= 0.6 is 11.3 Å². The molecular weight excluding hydrogens is 354 g/mol. The van der Waals surface area contributed by atoms with Crippen LogP contribution < -0.4 is 10.6 Å². The Bertz CT molecular complexity index is 941. The summed E-state index contributed by atoms with van der Waals surface area (Å²) in [5.74, 6) is -1.01. The van der Waals surface area contributed by atoms with E-state index < -0.39 is 12.0 Å². The van der Waals surface area contributed by atoms with Gasteiger partial charge < -0.3 is 20.8 Å². The summed E-state index contributed by atoms with van der Waals surface area (Å²) in [6.07, 6.45) is 2.22. The van der Waals surface area contributed by atoms with Crippen LogP contribution in [0.4, 0.5) is 10.5 Å². The molecule has 26 heavy (non-hydrogen) atoms. The molecule has 0 radical (unpaired) electrons. The van der Waals surface area contributed by atoms with E-state index in [0.29, 0.717) is 15.4 Å². The van der Waals surface area contributed by atoms with Crippen LogP contribution in [0, 0.1) is 0 Å². The maximum atomic E-state index is 12.7. The Balaban J connectivity index is 1.82. The number of aliphatic hydroxyl groups is 1. The first-order chi connectivity index (χ1) is 12.6. The van der Waals surface area contributed by atoms with Gasteiger partial charge in [-0.2, -0.15) is 0 Å². The Morgan fingerprint density at radius 1 is 1.15 bits per heavy atom. The minimum atomic E-state index is -1.19. The highest BCUT2D eigenvalue weighted by molar-refractivity contribution is 7.12. The zero-order valence-electron chi connectivity index (χ0n) is 13.7. The van der Waals surface area contributed by atoms with E-state index in [2.05, 4.69) is 15.6 Å². The van der Waals surface area contributed by atoms with Crippen molar-refractivity contribution in [2.45, 2.75) is 12.5 Å². The second-order valence-corrected chi connectivity index (χ2v) is 6.83. The van der Waals surface area contributed by atoms with Crippen LogP contribution in [0.3, 0.4) is 0 Å². The SMILES string of the molecule is O=C(O)NCC(C(=O)Nc1ccc2cnccc2c1)c1ccc(CO)s1. The van der Waals surface area contributed by atoms with Crippen molar-refractivity contribution in [3.63, 3.8) is 0 Å². The molecule has 3 rings (SSSR count). The van der Waals surface area contributed by atoms with Crippen LogP contribution in [0.25, 0.3) is 10.8 Å². The average Bonchev–Trinajstić information content (AvgIpc) is 3.10. The molecule has 1 atom stereocenters. The lowest BCUT2D eigenvalue weighted by Gasteiger charge is -2.16. The Morgan fingerprint density at radius 2 is 2.00 bits per heavy atom. The predicted molar refractivity (Wildman–Crippen MR) is 99.4 cm³/mol. The first-order valence-electron chi connectivity index (χ1n) is 7.87. The molecule has 2 aromatic heterocycles. The van der Waals surface area contributed by atoms with Gasteiger partial charge in [-0.15, -0.1) is 11.3 Å². The third-order valence-corrected chi connectivity index (χ3v) is 5.05. The maximum absolute atomic E-state index is 12.7. The highest BCUT2D eigenvalue weighted by atomic mass is 32.1. The van der Waals surface area contributed by atoms with Crippen molar-refractivity contribution >= 4 is 39.8 Å². The third-order valence-electron chi connectivity index (χ3n) is 3.86. The average molecular weight is 371 g/mol. The quantitative estimate of drug-likeness (QED) is 0.532. The zero-order valence-corrected chi connectivity index (χ0v) is 14.5. The number of thiophene rings is 1. The summed E-state index contributed by atoms with van der Waals surface area (Å²) >= 11 is 1.28. The fourth-order valence-corrected chi connectivity index (χ4v) is 3.54. The van der Waals surface area contributed by atoms with E-state index in [4.69, 9.17) is 5.11 Å². The van der Waals surface area contributed by atoms with Gasteiger partial charge in [-0.25, -0.2) is 4.79 Å². The highest BCUT2D eigenvalue weighted by Crippen LogP contribution is 2.27. The number of hydrogen-bond donors (Lipinski definition) is 4. The zero-order chi connectivity index (χ0) is 18.5. The molecule has 0 aliphatic carbocycles. The fraction of sp³-hybridized carbons (Fsp3) is 0.167. The van der Waals surface area contributed by atoms with Gasteiger partial charge in [0.2, 0.25) is 5.91 Å². The topological polar surface area (TPSA) is 112 Å². The van der Waals surface area contributed by atoms with Gasteiger partial charge in [0.25, 0.3) is 0 Å². The summed E-state index contributed by atoms with van der Waals surface area (Å²) in [6.45, 7) is -0.172. The number of fused-ring (bicyclic) bond motifs is 1. The van der Waals surface area contributed by atoms with Gasteiger partial charge in [0.1, 0.15) is 0 Å². The van der Waals surface area contributed by atoms with Gasteiger partial charge in [-0.1, -0.05) is 6.07 Å². The molecule has 134 valence electrons. The molecule has 2 heterocycles. The van der Waals surface area contributed by atoms with Gasteiger partial charge in [0.15, 0.2) is 0 Å². The monoisotopic (exact) mass is 371 g/mol. The van der Waals surface area contributed by atoms with Crippen LogP contribution in [-0.2, 0) is 11.4 Å². The summed E-state index contributed by atoms with van der Waals surface area (Å²) in [5.41, 5.74) is 0.618. The lowest BCUT2D eigenvalue weighted by molar-refractivity contribution is -0.117. The van der Waals surface area contributed by atoms with Gasteiger partial charge >= 0.3 is 6.09 Å². The summed E-state index contributed by atoms with van der Waals surface area (Å²) in [5, 5.41) is 25.1. The van der Waals surface area contributed by atoms with Crippen LogP contribution in [0.5, 0.6) is 0 Å². The second-order valence-electron chi connectivity index (χ2n) is 5.63. The van der Waals surface area contributed by atoms with Crippen LogP contribution in [-0.4, -0.2) is 33.7 Å². The number of rotatable bonds is 6. The van der Waals surface area contributed by atoms with E-state index >= 15 is 0 Å². The number of nitrogens with one attached hydrogen (secondary N) is 2. The first kappa shape index (κ1) is 17.8. The molecular formula is C18H17N3O4S. The van der Waals surface area contributed by atoms with Crippen molar-refractivity contribution < 1.29 is 19.8 Å². The Morgan fingerprint density at radius 3 is 2.73 bits per heavy atom. The fourth-order valence-electron chi connectivity index (χ4n) is 2.57. The summed E-state index contributed by atoms with van der Waals surface area (Å²) in [7, 11) is 0. The molecule has 0 fully saturated rings. The lowest BCUT2D eigenvalue weighted by atomic mass is 10.1. The number of pyridine rings is 1. The minimum absolute atomic E-state index is 0.0515. The van der Waals surface area contributed by atoms with Gasteiger partial charge in [0, 0.05) is 39.8 Å². The molecule has 0 saturated heterocycles. The Hall–Kier alpha value is -2.97. The van der Waals surface area contributed by atoms with Crippen molar-refractivity contribution in [3.05, 3.63) is 58.5 Å². The molecule has 7 nitrogen and oxygen atoms in total. The lowest BCUT2D eigenvalue weighted by Crippen LogP contribution is -2.33. The highest BCUT2D eigenvalue weighted by Gasteiger charge is 2.23. The number of nitrogens with zero attached hydrogens (tertiary/aromatic N) is 1. The molecule has 1 aromatic carbocycles. The number of aliphatic hydroxyl groups excluding tert-OH is 1. The van der Waals surface area contributed by atoms with Crippen molar-refractivity contribution in [3.8, 4) is 0 Å². The van der Waals surface area contributed by atoms with Crippen molar-refractivity contribution in [2.24, 2.45) is 0 Å². The Kier molecular flexibility index (Phi) is 5.45. The molecule has 2 amide bonds. The molecule has 0 aliphatic rings. The number of amides is 2. The molecule has 8 heteroatoms. The molecule has 4 N–H and O–H groups in total. The number of anilines is 1. The standard InChI is InChI=1S/C18H17N3O4S/c22-10-14-3-4-16(26-14)15(9-20-18(24)25)17(23)21-13-2-1-12-8-19-6-5-11(12)7-13/h1-8,15,20,22H,9-10H2,(H,21,23)(H,24,25). The van der Waals surface area contributed by atoms with E-state index in [-0.39, 0.29) is 19.1 Å². The molecule has 0 aliphatic heterocycles. The van der Waals surface area contributed by atoms with Gasteiger partial charge in [0.05, 0.1) is 12.5 Å². The smallest absolute Gasteiger partial charge is 0.404 e. The van der Waals surface area contributed by atoms with E-state index in [1.807, 2.05) is 18.2 Å². The minimum Gasteiger partial charge on any atom is -0.465 e. The number of benzene rings is 1. The number of carboxylic acid groups (broad SMARTS) is 1. The number of hydrogen-bond acceptors (Lipinski definition) is 5. The Labute approximate surface area is 153 Å². The van der Waals surface area contributed by atoms with E-state index in [1.165, 1.54) is 11.3 Å². The van der Waals surface area contributed by atoms with Crippen LogP contribution in [0.1, 0.15) is 15.7 Å². The van der Waals surface area contributed by atoms with Crippen LogP contribution in [0.2, 0.25) is 0 Å². The second kappa shape index (κ2) is 7.94. The first-order valence-corrected chi connectivity index (χ1v) is 8.69. The number of carbonyl (C=O) groups excluding carboxylic acids is 1. The van der Waals surface area contributed by atoms with E-state index in [9.17, 15) is 14.7 Å². The van der Waals surface area contributed by atoms with Crippen molar-refractivity contribution in [1.29, 1.82) is 0 Å². The predicted octanol–water partition coefficient (Wildman–Crippen LogP) is 2.78. The normalized spacial score (nSPS) is 11.9. The van der Waals surface area contributed by atoms with Gasteiger partial charge in [-0.3, -0.25) is 9.78 Å². The molecule has 3 aromatic rings. The molecule has 0 saturated carbocycles. The maximum Gasteiger partial charge on any atom is 0.404 e. The number of aromatic nitrogens is 1. The summed E-state index contributed by atoms with van der Waals surface area (Å²) in [4.78, 5) is 29.0. The number of carbonyl (C=O) groups is 2. The van der Waals surface area contributed by atoms with E-state index in [0.717, 1.165) is 10.8 Å². The van der Waals surface area contributed by atoms with Crippen molar-refractivity contribution in [2.75, 3.05) is 11.9 Å². The molecule has 0 spiro atoms. The van der Waals surface area contributed by atoms with Crippen molar-refractivity contribution in [1.82, 2.24) is 10.3 Å². The summed E-state index contributed by atoms with van der Waals surface area (Å²) in [6, 6.07) is 10.8. The third kappa shape index (κ3) is 4.16. The molecule has 0 bridgehead atoms. The van der Waals surface area contributed by atoms with Crippen LogP contribution in [0.15, 0.2) is 48.8 Å². The summed E-state index contributed by atoms with van der Waals surface area (Å²) < 4.78 is 0. The largest absolute Gasteiger partial charge is 0.465 e. The van der Waals surface area contributed by atoms with E-state index in [1.54, 1.807) is 30.6 Å². The molecule has 1 unspecified atom stereocenters. The van der Waals surface area contributed by atoms with Gasteiger partial charge in [-0.05, 0) is 35.7 Å².